The number of sulfonamides is 1. The van der Waals surface area contributed by atoms with Crippen molar-refractivity contribution < 1.29 is 18.1 Å². The van der Waals surface area contributed by atoms with E-state index >= 15 is 0 Å². The number of aryl methyl sites for hydroxylation is 1. The Morgan fingerprint density at radius 2 is 1.86 bits per heavy atom. The quantitative estimate of drug-likeness (QED) is 0.297. The molecule has 2 heterocycles. The van der Waals surface area contributed by atoms with Gasteiger partial charge in [0.25, 0.3) is 21.6 Å². The molecule has 0 saturated heterocycles. The maximum Gasteiger partial charge on any atom is 0.279 e. The molecule has 0 N–H and O–H groups in total. The number of nitrogens with zero attached hydrogens (tertiary/aromatic N) is 4. The van der Waals surface area contributed by atoms with Crippen molar-refractivity contribution in [1.29, 1.82) is 0 Å². The van der Waals surface area contributed by atoms with Crippen molar-refractivity contribution in [3.8, 4) is 0 Å². The normalized spacial score (nSPS) is 13.9. The topological polar surface area (TPSA) is 115 Å². The maximum absolute atomic E-state index is 13.2. The molecule has 1 aliphatic rings. The zero-order chi connectivity index (χ0) is 24.7. The molecule has 11 heteroatoms. The first-order valence-electron chi connectivity index (χ1n) is 10.9. The molecule has 9 nitrogen and oxygen atoms in total. The number of rotatable bonds is 5. The molecule has 178 valence electrons. The summed E-state index contributed by atoms with van der Waals surface area (Å²) in [6.45, 7) is 2.80. The summed E-state index contributed by atoms with van der Waals surface area (Å²) in [6.07, 6.45) is 0.653. The van der Waals surface area contributed by atoms with Crippen LogP contribution in [0.3, 0.4) is 0 Å². The lowest BCUT2D eigenvalue weighted by Crippen LogP contribution is -2.29. The van der Waals surface area contributed by atoms with E-state index in [0.717, 1.165) is 11.1 Å². The molecule has 0 saturated carbocycles. The average Bonchev–Trinajstić information content (AvgIpc) is 3.44. The number of nitro benzene ring substituents is 1. The predicted molar refractivity (Wildman–Crippen MR) is 133 cm³/mol. The van der Waals surface area contributed by atoms with Crippen LogP contribution in [0.1, 0.15) is 22.8 Å². The number of hydrogen-bond acceptors (Lipinski definition) is 6. The molecule has 0 fully saturated rings. The Bertz CT molecular complexity index is 1650. The fourth-order valence-corrected chi connectivity index (χ4v) is 6.80. The molecule has 35 heavy (non-hydrogen) atoms. The number of benzene rings is 3. The highest BCUT2D eigenvalue weighted by atomic mass is 32.2. The average molecular weight is 509 g/mol. The van der Waals surface area contributed by atoms with Crippen LogP contribution in [-0.2, 0) is 23.0 Å². The number of fused-ring (bicyclic) bond motifs is 2. The SMILES string of the molecule is CCn1c(=NC(=O)c2ccc(S(=O)(=O)N3CCc4ccccc43)cc2)sc2cc([N+](=O)[O-])ccc21. The first-order valence-corrected chi connectivity index (χ1v) is 13.1. The smallest absolute Gasteiger partial charge is 0.279 e. The molecular weight excluding hydrogens is 488 g/mol. The highest BCUT2D eigenvalue weighted by Crippen LogP contribution is 2.32. The molecule has 0 bridgehead atoms. The summed E-state index contributed by atoms with van der Waals surface area (Å²) in [6, 6.07) is 17.7. The van der Waals surface area contributed by atoms with Gasteiger partial charge < -0.3 is 4.57 Å². The number of anilines is 1. The minimum absolute atomic E-state index is 0.0303. The van der Waals surface area contributed by atoms with Crippen molar-refractivity contribution >= 4 is 48.9 Å². The largest absolute Gasteiger partial charge is 0.317 e. The monoisotopic (exact) mass is 508 g/mol. The molecule has 0 spiro atoms. The molecule has 3 aromatic carbocycles. The van der Waals surface area contributed by atoms with Crippen LogP contribution in [0.25, 0.3) is 10.2 Å². The van der Waals surface area contributed by atoms with E-state index in [1.807, 2.05) is 29.7 Å². The van der Waals surface area contributed by atoms with Crippen LogP contribution in [-0.4, -0.2) is 30.4 Å². The van der Waals surface area contributed by atoms with Crippen LogP contribution < -0.4 is 9.11 Å². The van der Waals surface area contributed by atoms with Gasteiger partial charge in [-0.3, -0.25) is 19.2 Å². The summed E-state index contributed by atoms with van der Waals surface area (Å²) in [5.41, 5.74) is 2.63. The van der Waals surface area contributed by atoms with Gasteiger partial charge in [-0.2, -0.15) is 4.99 Å². The van der Waals surface area contributed by atoms with Gasteiger partial charge in [-0.1, -0.05) is 29.5 Å². The van der Waals surface area contributed by atoms with E-state index < -0.39 is 20.9 Å². The fourth-order valence-electron chi connectivity index (χ4n) is 4.17. The number of carbonyl (C=O) groups is 1. The minimum Gasteiger partial charge on any atom is -0.317 e. The Kier molecular flexibility index (Phi) is 5.73. The summed E-state index contributed by atoms with van der Waals surface area (Å²) in [4.78, 5) is 28.2. The van der Waals surface area contributed by atoms with Gasteiger partial charge in [0.15, 0.2) is 4.80 Å². The third kappa shape index (κ3) is 4.02. The first-order chi connectivity index (χ1) is 16.8. The van der Waals surface area contributed by atoms with Gasteiger partial charge >= 0.3 is 0 Å². The van der Waals surface area contributed by atoms with E-state index in [4.69, 9.17) is 0 Å². The van der Waals surface area contributed by atoms with Crippen molar-refractivity contribution in [3.05, 3.63) is 92.8 Å². The van der Waals surface area contributed by atoms with Gasteiger partial charge in [0.1, 0.15) is 0 Å². The van der Waals surface area contributed by atoms with E-state index in [2.05, 4.69) is 4.99 Å². The van der Waals surface area contributed by atoms with Crippen LogP contribution in [0.4, 0.5) is 11.4 Å². The molecule has 0 aliphatic carbocycles. The Morgan fingerprint density at radius 3 is 2.57 bits per heavy atom. The Labute approximate surface area is 204 Å². The van der Waals surface area contributed by atoms with Crippen LogP contribution in [0.5, 0.6) is 0 Å². The number of nitro groups is 1. The number of para-hydroxylation sites is 1. The molecule has 0 unspecified atom stereocenters. The van der Waals surface area contributed by atoms with Gasteiger partial charge in [0.2, 0.25) is 0 Å². The summed E-state index contributed by atoms with van der Waals surface area (Å²) in [5, 5.41) is 11.1. The summed E-state index contributed by atoms with van der Waals surface area (Å²) >= 11 is 1.19. The fraction of sp³-hybridized carbons (Fsp3) is 0.167. The number of thiazole rings is 1. The highest BCUT2D eigenvalue weighted by molar-refractivity contribution is 7.92. The maximum atomic E-state index is 13.2. The standard InChI is InChI=1S/C24H20N4O5S2/c1-2-26-21-12-9-18(28(30)31)15-22(21)34-24(26)25-23(29)17-7-10-19(11-8-17)35(32,33)27-14-13-16-5-3-4-6-20(16)27/h3-12,15H,2,13-14H2,1H3. The molecule has 0 radical (unpaired) electrons. The second-order valence-electron chi connectivity index (χ2n) is 7.94. The van der Waals surface area contributed by atoms with Crippen molar-refractivity contribution in [2.75, 3.05) is 10.8 Å². The lowest BCUT2D eigenvalue weighted by Gasteiger charge is -2.19. The van der Waals surface area contributed by atoms with Crippen LogP contribution in [0.2, 0.25) is 0 Å². The van der Waals surface area contributed by atoms with Gasteiger partial charge in [0, 0.05) is 30.8 Å². The molecule has 4 aromatic rings. The van der Waals surface area contributed by atoms with E-state index in [1.54, 1.807) is 12.1 Å². The second kappa shape index (κ2) is 8.75. The molecule has 5 rings (SSSR count). The predicted octanol–water partition coefficient (Wildman–Crippen LogP) is 4.12. The van der Waals surface area contributed by atoms with Gasteiger partial charge in [-0.15, -0.1) is 0 Å². The van der Waals surface area contributed by atoms with E-state index in [0.29, 0.717) is 34.7 Å². The molecule has 0 atom stereocenters. The second-order valence-corrected chi connectivity index (χ2v) is 10.8. The van der Waals surface area contributed by atoms with Gasteiger partial charge in [-0.05, 0) is 55.3 Å². The van der Waals surface area contributed by atoms with Crippen LogP contribution >= 0.6 is 11.3 Å². The van der Waals surface area contributed by atoms with Crippen LogP contribution in [0, 0.1) is 10.1 Å². The lowest BCUT2D eigenvalue weighted by molar-refractivity contribution is -0.384. The summed E-state index contributed by atoms with van der Waals surface area (Å²) < 4.78 is 30.2. The first kappa shape index (κ1) is 22.9. The molecule has 1 amide bonds. The highest BCUT2D eigenvalue weighted by Gasteiger charge is 2.30. The van der Waals surface area contributed by atoms with Crippen LogP contribution in [0.15, 0.2) is 76.6 Å². The van der Waals surface area contributed by atoms with Gasteiger partial charge in [-0.25, -0.2) is 8.42 Å². The van der Waals surface area contributed by atoms with Gasteiger partial charge in [0.05, 0.1) is 25.7 Å². The van der Waals surface area contributed by atoms with Crippen molar-refractivity contribution in [1.82, 2.24) is 4.57 Å². The van der Waals surface area contributed by atoms with Crippen molar-refractivity contribution in [2.24, 2.45) is 4.99 Å². The number of non-ortho nitro benzene ring substituents is 1. The Morgan fingerprint density at radius 1 is 1.11 bits per heavy atom. The molecule has 1 aliphatic heterocycles. The minimum atomic E-state index is -3.76. The van der Waals surface area contributed by atoms with E-state index in [-0.39, 0.29) is 16.1 Å². The Hall–Kier alpha value is -3.83. The Balaban J connectivity index is 1.46. The third-order valence-electron chi connectivity index (χ3n) is 5.92. The summed E-state index contributed by atoms with van der Waals surface area (Å²) in [7, 11) is -3.76. The third-order valence-corrected chi connectivity index (χ3v) is 8.79. The number of aromatic nitrogens is 1. The number of amides is 1. The van der Waals surface area contributed by atoms with E-state index in [1.165, 1.54) is 52.0 Å². The molecular formula is C24H20N4O5S2. The number of carbonyl (C=O) groups excluding carboxylic acids is 1. The van der Waals surface area contributed by atoms with E-state index in [9.17, 15) is 23.3 Å². The van der Waals surface area contributed by atoms with Crippen molar-refractivity contribution in [2.45, 2.75) is 24.8 Å². The zero-order valence-electron chi connectivity index (χ0n) is 18.6. The number of hydrogen-bond donors (Lipinski definition) is 0. The molecule has 1 aromatic heterocycles. The lowest BCUT2D eigenvalue weighted by atomic mass is 10.2. The van der Waals surface area contributed by atoms with Crippen molar-refractivity contribution in [3.63, 3.8) is 0 Å². The zero-order valence-corrected chi connectivity index (χ0v) is 20.3. The summed E-state index contributed by atoms with van der Waals surface area (Å²) in [5.74, 6) is -0.524.